The Labute approximate surface area is 142 Å². The standard InChI is InChI=1S/C12H6BrCl3N2OS/c13-5-9-11(17-12-18(9)1-2-20-12)19-10-4-7(15)6(14)3-8(10)16/h1-4H,5H2. The zero-order valence-corrected chi connectivity index (χ0v) is 14.4. The zero-order valence-electron chi connectivity index (χ0n) is 9.74. The average molecular weight is 413 g/mol. The first-order valence-corrected chi connectivity index (χ1v) is 8.56. The van der Waals surface area contributed by atoms with E-state index in [0.717, 1.165) is 10.7 Å². The molecular formula is C12H6BrCl3N2OS. The minimum atomic E-state index is 0.382. The lowest BCUT2D eigenvalue weighted by Gasteiger charge is -2.08. The Balaban J connectivity index is 2.05. The van der Waals surface area contributed by atoms with Crippen LogP contribution in [0.15, 0.2) is 23.7 Å². The number of aromatic nitrogens is 2. The van der Waals surface area contributed by atoms with E-state index >= 15 is 0 Å². The summed E-state index contributed by atoms with van der Waals surface area (Å²) >= 11 is 22.9. The van der Waals surface area contributed by atoms with Gasteiger partial charge in [0.05, 0.1) is 20.8 Å². The maximum absolute atomic E-state index is 6.11. The maximum Gasteiger partial charge on any atom is 0.243 e. The van der Waals surface area contributed by atoms with Crippen LogP contribution in [0.5, 0.6) is 11.6 Å². The summed E-state index contributed by atoms with van der Waals surface area (Å²) in [4.78, 5) is 5.28. The molecule has 2 aromatic heterocycles. The fraction of sp³-hybridized carbons (Fsp3) is 0.0833. The third-order valence-corrected chi connectivity index (χ3v) is 4.94. The summed E-state index contributed by atoms with van der Waals surface area (Å²) in [5.74, 6) is 0.919. The van der Waals surface area contributed by atoms with E-state index < -0.39 is 0 Å². The number of halogens is 4. The quantitative estimate of drug-likeness (QED) is 0.387. The second-order valence-corrected chi connectivity index (χ2v) is 6.51. The Morgan fingerprint density at radius 3 is 2.70 bits per heavy atom. The summed E-state index contributed by atoms with van der Waals surface area (Å²) in [5.41, 5.74) is 0.906. The molecule has 104 valence electrons. The number of thiazole rings is 1. The molecule has 0 aliphatic rings. The predicted octanol–water partition coefficient (Wildman–Crippen LogP) is 6.04. The van der Waals surface area contributed by atoms with E-state index in [4.69, 9.17) is 39.5 Å². The van der Waals surface area contributed by atoms with Crippen molar-refractivity contribution in [1.29, 1.82) is 0 Å². The second-order valence-electron chi connectivity index (χ2n) is 3.85. The molecule has 0 fully saturated rings. The van der Waals surface area contributed by atoms with Crippen LogP contribution in [-0.4, -0.2) is 9.38 Å². The third kappa shape index (κ3) is 2.53. The Hall–Kier alpha value is -0.460. The third-order valence-electron chi connectivity index (χ3n) is 2.63. The molecule has 3 nitrogen and oxygen atoms in total. The smallest absolute Gasteiger partial charge is 0.243 e. The van der Waals surface area contributed by atoms with E-state index in [9.17, 15) is 0 Å². The van der Waals surface area contributed by atoms with Crippen LogP contribution in [0.25, 0.3) is 4.96 Å². The fourth-order valence-electron chi connectivity index (χ4n) is 1.70. The van der Waals surface area contributed by atoms with Crippen molar-refractivity contribution in [1.82, 2.24) is 9.38 Å². The van der Waals surface area contributed by atoms with Gasteiger partial charge in [-0.3, -0.25) is 4.40 Å². The SMILES string of the molecule is Clc1cc(Cl)c(Oc2nc3sccn3c2CBr)cc1Cl. The van der Waals surface area contributed by atoms with Crippen LogP contribution in [0, 0.1) is 0 Å². The molecule has 0 spiro atoms. The van der Waals surface area contributed by atoms with Crippen LogP contribution in [0.3, 0.4) is 0 Å². The van der Waals surface area contributed by atoms with Gasteiger partial charge in [0.15, 0.2) is 4.96 Å². The number of ether oxygens (including phenoxy) is 1. The molecule has 0 unspecified atom stereocenters. The molecule has 3 rings (SSSR count). The van der Waals surface area contributed by atoms with Gasteiger partial charge in [0.1, 0.15) is 5.75 Å². The number of rotatable bonds is 3. The number of alkyl halides is 1. The molecular weight excluding hydrogens is 406 g/mol. The van der Waals surface area contributed by atoms with E-state index in [1.54, 1.807) is 12.1 Å². The average Bonchev–Trinajstić information content (AvgIpc) is 2.96. The Kier molecular flexibility index (Phi) is 4.15. The normalized spacial score (nSPS) is 11.2. The van der Waals surface area contributed by atoms with Gasteiger partial charge < -0.3 is 4.74 Å². The molecule has 1 aromatic carbocycles. The molecule has 0 amide bonds. The summed E-state index contributed by atoms with van der Waals surface area (Å²) in [7, 11) is 0. The molecule has 2 heterocycles. The van der Waals surface area contributed by atoms with E-state index in [1.165, 1.54) is 11.3 Å². The van der Waals surface area contributed by atoms with Crippen LogP contribution in [0.4, 0.5) is 0 Å². The molecule has 3 aromatic rings. The van der Waals surface area contributed by atoms with Gasteiger partial charge in [-0.15, -0.1) is 11.3 Å². The fourth-order valence-corrected chi connectivity index (χ4v) is 3.51. The largest absolute Gasteiger partial charge is 0.436 e. The molecule has 0 saturated heterocycles. The number of hydrogen-bond acceptors (Lipinski definition) is 3. The highest BCUT2D eigenvalue weighted by atomic mass is 79.9. The first-order chi connectivity index (χ1) is 9.60. The summed E-state index contributed by atoms with van der Waals surface area (Å²) in [6.07, 6.45) is 1.94. The Morgan fingerprint density at radius 1 is 1.20 bits per heavy atom. The molecule has 0 saturated carbocycles. The highest BCUT2D eigenvalue weighted by Crippen LogP contribution is 2.37. The molecule has 0 N–H and O–H groups in total. The van der Waals surface area contributed by atoms with Gasteiger partial charge in [-0.25, -0.2) is 0 Å². The second kappa shape index (κ2) is 5.73. The lowest BCUT2D eigenvalue weighted by atomic mass is 10.3. The number of imidazole rings is 1. The predicted molar refractivity (Wildman–Crippen MR) is 87.2 cm³/mol. The van der Waals surface area contributed by atoms with Crippen molar-refractivity contribution in [3.63, 3.8) is 0 Å². The maximum atomic E-state index is 6.11. The van der Waals surface area contributed by atoms with Gasteiger partial charge in [-0.1, -0.05) is 50.7 Å². The van der Waals surface area contributed by atoms with Gasteiger partial charge in [0, 0.05) is 23.0 Å². The molecule has 8 heteroatoms. The van der Waals surface area contributed by atoms with Crippen molar-refractivity contribution in [3.8, 4) is 11.6 Å². The van der Waals surface area contributed by atoms with Crippen molar-refractivity contribution in [3.05, 3.63) is 44.5 Å². The summed E-state index contributed by atoms with van der Waals surface area (Å²) in [6.45, 7) is 0. The van der Waals surface area contributed by atoms with Crippen molar-refractivity contribution >= 4 is 67.0 Å². The van der Waals surface area contributed by atoms with E-state index in [-0.39, 0.29) is 0 Å². The van der Waals surface area contributed by atoms with Gasteiger partial charge >= 0.3 is 0 Å². The summed E-state index contributed by atoms with van der Waals surface area (Å²) in [6, 6.07) is 3.13. The van der Waals surface area contributed by atoms with Crippen molar-refractivity contribution in [2.45, 2.75) is 5.33 Å². The Morgan fingerprint density at radius 2 is 1.95 bits per heavy atom. The lowest BCUT2D eigenvalue weighted by Crippen LogP contribution is -1.91. The van der Waals surface area contributed by atoms with Gasteiger partial charge in [0.25, 0.3) is 0 Å². The first-order valence-electron chi connectivity index (χ1n) is 5.43. The van der Waals surface area contributed by atoms with E-state index in [0.29, 0.717) is 32.0 Å². The molecule has 20 heavy (non-hydrogen) atoms. The van der Waals surface area contributed by atoms with E-state index in [1.807, 2.05) is 16.0 Å². The summed E-state index contributed by atoms with van der Waals surface area (Å²) < 4.78 is 7.74. The van der Waals surface area contributed by atoms with Crippen LogP contribution in [-0.2, 0) is 5.33 Å². The van der Waals surface area contributed by atoms with Gasteiger partial charge in [0.2, 0.25) is 5.88 Å². The molecule has 0 atom stereocenters. The van der Waals surface area contributed by atoms with Crippen molar-refractivity contribution in [2.75, 3.05) is 0 Å². The highest BCUT2D eigenvalue weighted by Gasteiger charge is 2.16. The number of fused-ring (bicyclic) bond motifs is 1. The first kappa shape index (κ1) is 14.5. The highest BCUT2D eigenvalue weighted by molar-refractivity contribution is 9.08. The van der Waals surface area contributed by atoms with Crippen LogP contribution in [0.2, 0.25) is 15.1 Å². The minimum Gasteiger partial charge on any atom is -0.436 e. The van der Waals surface area contributed by atoms with Crippen molar-refractivity contribution in [2.24, 2.45) is 0 Å². The lowest BCUT2D eigenvalue weighted by molar-refractivity contribution is 0.462. The molecule has 0 aliphatic heterocycles. The zero-order chi connectivity index (χ0) is 14.3. The topological polar surface area (TPSA) is 26.5 Å². The van der Waals surface area contributed by atoms with Crippen molar-refractivity contribution < 1.29 is 4.74 Å². The van der Waals surface area contributed by atoms with E-state index in [2.05, 4.69) is 20.9 Å². The molecule has 0 radical (unpaired) electrons. The van der Waals surface area contributed by atoms with Crippen LogP contribution < -0.4 is 4.74 Å². The number of nitrogens with zero attached hydrogens (tertiary/aromatic N) is 2. The monoisotopic (exact) mass is 410 g/mol. The van der Waals surface area contributed by atoms with Crippen LogP contribution >= 0.6 is 62.1 Å². The van der Waals surface area contributed by atoms with Gasteiger partial charge in [-0.2, -0.15) is 4.98 Å². The number of hydrogen-bond donors (Lipinski definition) is 0. The molecule has 0 bridgehead atoms. The van der Waals surface area contributed by atoms with Gasteiger partial charge in [-0.05, 0) is 6.07 Å². The Bertz CT molecular complexity index is 786. The minimum absolute atomic E-state index is 0.382. The molecule has 0 aliphatic carbocycles. The van der Waals surface area contributed by atoms with Crippen LogP contribution in [0.1, 0.15) is 5.69 Å². The summed E-state index contributed by atoms with van der Waals surface area (Å²) in [5, 5.41) is 3.73. The number of benzene rings is 1.